The molecule has 2 aromatic rings. The molecule has 0 atom stereocenters. The second kappa shape index (κ2) is 8.89. The molecular weight excluding hydrogens is 395 g/mol. The van der Waals surface area contributed by atoms with Gasteiger partial charge >= 0.3 is 6.18 Å². The van der Waals surface area contributed by atoms with Crippen molar-refractivity contribution < 1.29 is 18.0 Å². The Balaban J connectivity index is 1.57. The average Bonchev–Trinajstić information content (AvgIpc) is 2.70. The summed E-state index contributed by atoms with van der Waals surface area (Å²) in [5.74, 6) is 0.712. The van der Waals surface area contributed by atoms with Crippen molar-refractivity contribution in [2.75, 3.05) is 24.3 Å². The molecular formula is C21H26F3N5O. The lowest BCUT2D eigenvalue weighted by Crippen LogP contribution is -2.40. The molecule has 0 spiro atoms. The summed E-state index contributed by atoms with van der Waals surface area (Å²) in [4.78, 5) is 23.2. The normalized spacial score (nSPS) is 19.3. The number of benzene rings is 1. The Labute approximate surface area is 173 Å². The van der Waals surface area contributed by atoms with E-state index in [1.165, 1.54) is 18.2 Å². The Hall–Kier alpha value is -2.84. The zero-order valence-corrected chi connectivity index (χ0v) is 17.3. The second-order valence-corrected chi connectivity index (χ2v) is 7.80. The van der Waals surface area contributed by atoms with Gasteiger partial charge in [0.15, 0.2) is 0 Å². The molecule has 3 rings (SSSR count). The molecule has 1 fully saturated rings. The highest BCUT2D eigenvalue weighted by Crippen LogP contribution is 2.32. The maximum absolute atomic E-state index is 13.1. The molecule has 1 aromatic heterocycles. The van der Waals surface area contributed by atoms with Crippen molar-refractivity contribution in [3.8, 4) is 0 Å². The topological polar surface area (TPSA) is 70.1 Å². The molecule has 1 saturated carbocycles. The van der Waals surface area contributed by atoms with Crippen LogP contribution >= 0.6 is 0 Å². The van der Waals surface area contributed by atoms with Crippen LogP contribution in [0.1, 0.15) is 47.2 Å². The second-order valence-electron chi connectivity index (χ2n) is 7.80. The first-order chi connectivity index (χ1) is 14.1. The zero-order valence-electron chi connectivity index (χ0n) is 17.3. The lowest BCUT2D eigenvalue weighted by Gasteiger charge is -2.30. The lowest BCUT2D eigenvalue weighted by molar-refractivity contribution is -0.137. The first kappa shape index (κ1) is 21.9. The van der Waals surface area contributed by atoms with Gasteiger partial charge in [0.1, 0.15) is 5.82 Å². The van der Waals surface area contributed by atoms with E-state index >= 15 is 0 Å². The van der Waals surface area contributed by atoms with E-state index in [0.717, 1.165) is 30.3 Å². The predicted molar refractivity (Wildman–Crippen MR) is 110 cm³/mol. The number of rotatable bonds is 5. The van der Waals surface area contributed by atoms with Gasteiger partial charge in [0.2, 0.25) is 5.95 Å². The summed E-state index contributed by atoms with van der Waals surface area (Å²) in [7, 11) is 3.84. The van der Waals surface area contributed by atoms with Gasteiger partial charge in [0.25, 0.3) is 5.91 Å². The minimum absolute atomic E-state index is 0.151. The van der Waals surface area contributed by atoms with Gasteiger partial charge in [-0.2, -0.15) is 18.2 Å². The van der Waals surface area contributed by atoms with E-state index in [2.05, 4.69) is 20.6 Å². The molecule has 1 amide bonds. The zero-order chi connectivity index (χ0) is 21.9. The van der Waals surface area contributed by atoms with E-state index in [0.29, 0.717) is 18.8 Å². The number of aromatic nitrogens is 2. The maximum atomic E-state index is 13.1. The maximum Gasteiger partial charge on any atom is 0.417 e. The molecule has 0 radical (unpaired) electrons. The van der Waals surface area contributed by atoms with Crippen LogP contribution in [0.15, 0.2) is 30.5 Å². The smallest absolute Gasteiger partial charge is 0.362 e. The van der Waals surface area contributed by atoms with Crippen LogP contribution in [0.4, 0.5) is 24.9 Å². The number of hydrogen-bond acceptors (Lipinski definition) is 5. The van der Waals surface area contributed by atoms with Gasteiger partial charge in [-0.3, -0.25) is 4.79 Å². The third-order valence-corrected chi connectivity index (χ3v) is 5.24. The van der Waals surface area contributed by atoms with Crippen molar-refractivity contribution in [2.24, 2.45) is 0 Å². The number of halogens is 3. The van der Waals surface area contributed by atoms with Crippen LogP contribution in [-0.2, 0) is 6.18 Å². The summed E-state index contributed by atoms with van der Waals surface area (Å²) in [5, 5.41) is 6.09. The molecule has 30 heavy (non-hydrogen) atoms. The van der Waals surface area contributed by atoms with Crippen molar-refractivity contribution in [1.29, 1.82) is 0 Å². The van der Waals surface area contributed by atoms with Crippen molar-refractivity contribution in [3.63, 3.8) is 0 Å². The average molecular weight is 421 g/mol. The Bertz CT molecular complexity index is 892. The molecule has 1 heterocycles. The van der Waals surface area contributed by atoms with Crippen LogP contribution in [-0.4, -0.2) is 42.1 Å². The summed E-state index contributed by atoms with van der Waals surface area (Å²) in [6.07, 6.45) is 0.0817. The van der Waals surface area contributed by atoms with Crippen molar-refractivity contribution >= 4 is 17.7 Å². The number of amides is 1. The fraction of sp³-hybridized carbons (Fsp3) is 0.476. The van der Waals surface area contributed by atoms with Crippen LogP contribution in [0.25, 0.3) is 0 Å². The molecule has 1 aromatic carbocycles. The molecule has 9 heteroatoms. The van der Waals surface area contributed by atoms with Gasteiger partial charge in [0.05, 0.1) is 11.1 Å². The summed E-state index contributed by atoms with van der Waals surface area (Å²) in [6, 6.07) is 4.85. The number of anilines is 2. The monoisotopic (exact) mass is 421 g/mol. The van der Waals surface area contributed by atoms with Crippen molar-refractivity contribution in [3.05, 3.63) is 47.2 Å². The minimum Gasteiger partial charge on any atom is -0.362 e. The van der Waals surface area contributed by atoms with Crippen LogP contribution < -0.4 is 15.5 Å². The standard InChI is InChI=1S/C21H26F3N5O/c1-13-12-25-20(28-18(13)29(2)3)27-15-10-8-14(9-11-15)26-19(30)16-6-4-5-7-17(16)21(22,23)24/h4-7,12,14-15H,8-11H2,1-3H3,(H,26,30)(H,25,27,28)/t14-,15+. The van der Waals surface area contributed by atoms with Gasteiger partial charge in [-0.15, -0.1) is 0 Å². The molecule has 0 saturated heterocycles. The molecule has 162 valence electrons. The van der Waals surface area contributed by atoms with Crippen LogP contribution in [0.5, 0.6) is 0 Å². The molecule has 0 aliphatic heterocycles. The summed E-state index contributed by atoms with van der Waals surface area (Å²) in [6.45, 7) is 1.95. The van der Waals surface area contributed by atoms with E-state index in [4.69, 9.17) is 0 Å². The van der Waals surface area contributed by atoms with Gasteiger partial charge in [-0.1, -0.05) is 12.1 Å². The van der Waals surface area contributed by atoms with E-state index in [-0.39, 0.29) is 17.6 Å². The lowest BCUT2D eigenvalue weighted by atomic mass is 9.91. The van der Waals surface area contributed by atoms with E-state index < -0.39 is 17.6 Å². The summed E-state index contributed by atoms with van der Waals surface area (Å²) < 4.78 is 39.4. The van der Waals surface area contributed by atoms with E-state index in [9.17, 15) is 18.0 Å². The summed E-state index contributed by atoms with van der Waals surface area (Å²) in [5.41, 5.74) is -0.267. The molecule has 1 aliphatic rings. The highest BCUT2D eigenvalue weighted by atomic mass is 19.4. The SMILES string of the molecule is Cc1cnc(N[C@H]2CC[C@@H](NC(=O)c3ccccc3C(F)(F)F)CC2)nc1N(C)C. The van der Waals surface area contributed by atoms with Gasteiger partial charge in [-0.05, 0) is 44.7 Å². The van der Waals surface area contributed by atoms with E-state index in [1.807, 2.05) is 25.9 Å². The first-order valence-electron chi connectivity index (χ1n) is 9.89. The van der Waals surface area contributed by atoms with Crippen LogP contribution in [0.2, 0.25) is 0 Å². The van der Waals surface area contributed by atoms with Gasteiger partial charge < -0.3 is 15.5 Å². The number of carbonyl (C=O) groups is 1. The molecule has 2 N–H and O–H groups in total. The van der Waals surface area contributed by atoms with Gasteiger partial charge in [0, 0.05) is 37.9 Å². The third-order valence-electron chi connectivity index (χ3n) is 5.24. The Morgan fingerprint density at radius 2 is 1.73 bits per heavy atom. The number of aryl methyl sites for hydroxylation is 1. The Kier molecular flexibility index (Phi) is 6.48. The number of alkyl halides is 3. The van der Waals surface area contributed by atoms with Crippen LogP contribution in [0, 0.1) is 6.92 Å². The number of carbonyl (C=O) groups excluding carboxylic acids is 1. The molecule has 1 aliphatic carbocycles. The highest BCUT2D eigenvalue weighted by Gasteiger charge is 2.35. The van der Waals surface area contributed by atoms with E-state index in [1.54, 1.807) is 6.20 Å². The fourth-order valence-electron chi connectivity index (χ4n) is 3.71. The molecule has 0 unspecified atom stereocenters. The van der Waals surface area contributed by atoms with Gasteiger partial charge in [-0.25, -0.2) is 4.98 Å². The minimum atomic E-state index is -4.56. The number of nitrogens with one attached hydrogen (secondary N) is 2. The summed E-state index contributed by atoms with van der Waals surface area (Å²) >= 11 is 0. The van der Waals surface area contributed by atoms with Crippen molar-refractivity contribution in [2.45, 2.75) is 50.9 Å². The predicted octanol–water partition coefficient (Wildman–Crippen LogP) is 4.02. The molecule has 6 nitrogen and oxygen atoms in total. The Morgan fingerprint density at radius 3 is 2.37 bits per heavy atom. The van der Waals surface area contributed by atoms with Crippen LogP contribution in [0.3, 0.4) is 0 Å². The number of nitrogens with zero attached hydrogens (tertiary/aromatic N) is 3. The highest BCUT2D eigenvalue weighted by molar-refractivity contribution is 5.96. The quantitative estimate of drug-likeness (QED) is 0.763. The Morgan fingerprint density at radius 1 is 1.10 bits per heavy atom. The molecule has 0 bridgehead atoms. The largest absolute Gasteiger partial charge is 0.417 e. The fourth-order valence-corrected chi connectivity index (χ4v) is 3.71. The van der Waals surface area contributed by atoms with Crippen molar-refractivity contribution in [1.82, 2.24) is 15.3 Å². The first-order valence-corrected chi connectivity index (χ1v) is 9.89. The number of hydrogen-bond donors (Lipinski definition) is 2. The third kappa shape index (κ3) is 5.20.